The molecule has 1 spiro atoms. The predicted molar refractivity (Wildman–Crippen MR) is 184 cm³/mol. The molecule has 248 valence electrons. The molecule has 1 saturated carbocycles. The first-order valence-electron chi connectivity index (χ1n) is 16.9. The minimum absolute atomic E-state index is 0.187. The number of carbonyl (C=O) groups is 1. The van der Waals surface area contributed by atoms with Crippen LogP contribution in [0.4, 0.5) is 5.69 Å². The number of benzene rings is 2. The van der Waals surface area contributed by atoms with Crippen LogP contribution >= 0.6 is 11.6 Å². The summed E-state index contributed by atoms with van der Waals surface area (Å²) in [7, 11) is 0. The highest BCUT2D eigenvalue weighted by atomic mass is 35.5. The summed E-state index contributed by atoms with van der Waals surface area (Å²) in [4.78, 5) is 20.3. The van der Waals surface area contributed by atoms with Gasteiger partial charge >= 0.3 is 5.97 Å². The van der Waals surface area contributed by atoms with Crippen molar-refractivity contribution >= 4 is 23.3 Å². The number of nitrogens with one attached hydrogen (secondary N) is 1. The van der Waals surface area contributed by atoms with Gasteiger partial charge in [-0.1, -0.05) is 42.7 Å². The number of hydrogen-bond acceptors (Lipinski definition) is 6. The number of pyridine rings is 1. The molecule has 3 aliphatic carbocycles. The van der Waals surface area contributed by atoms with Crippen molar-refractivity contribution in [3.05, 3.63) is 92.6 Å². The first-order valence-corrected chi connectivity index (χ1v) is 17.3. The van der Waals surface area contributed by atoms with E-state index in [-0.39, 0.29) is 12.0 Å². The molecule has 47 heavy (non-hydrogen) atoms. The molecule has 2 N–H and O–H groups in total. The smallest absolute Gasteiger partial charge is 0.329 e. The maximum Gasteiger partial charge on any atom is 0.329 e. The van der Waals surface area contributed by atoms with Crippen molar-refractivity contribution in [3.63, 3.8) is 0 Å². The van der Waals surface area contributed by atoms with Gasteiger partial charge in [0, 0.05) is 33.1 Å². The fourth-order valence-electron chi connectivity index (χ4n) is 8.42. The molecule has 0 aliphatic heterocycles. The maximum absolute atomic E-state index is 12.9. The molecule has 6 rings (SSSR count). The van der Waals surface area contributed by atoms with E-state index in [2.05, 4.69) is 46.3 Å². The number of carboxylic acid groups (broad SMARTS) is 1. The molecule has 0 saturated heterocycles. The van der Waals surface area contributed by atoms with E-state index in [9.17, 15) is 9.90 Å². The van der Waals surface area contributed by atoms with Crippen LogP contribution in [0.25, 0.3) is 10.4 Å². The Bertz CT molecular complexity index is 1650. The predicted octanol–water partition coefficient (Wildman–Crippen LogP) is 8.89. The molecule has 0 amide bonds. The van der Waals surface area contributed by atoms with Gasteiger partial charge in [0.15, 0.2) is 0 Å². The Kier molecular flexibility index (Phi) is 9.85. The van der Waals surface area contributed by atoms with Gasteiger partial charge in [-0.15, -0.1) is 0 Å². The first-order chi connectivity index (χ1) is 22.7. The summed E-state index contributed by atoms with van der Waals surface area (Å²) in [5.74, 6) is 1.95. The van der Waals surface area contributed by atoms with Crippen molar-refractivity contribution in [2.24, 2.45) is 17.0 Å². The highest BCUT2D eigenvalue weighted by molar-refractivity contribution is 6.30. The molecule has 2 aromatic carbocycles. The molecule has 10 heteroatoms. The number of aromatic nitrogens is 1. The number of ether oxygens (including phenoxy) is 2. The number of aliphatic carboxylic acids is 1. The molecule has 1 heterocycles. The van der Waals surface area contributed by atoms with Crippen molar-refractivity contribution in [2.75, 3.05) is 25.1 Å². The van der Waals surface area contributed by atoms with Crippen molar-refractivity contribution < 1.29 is 19.4 Å². The van der Waals surface area contributed by atoms with Gasteiger partial charge in [0.2, 0.25) is 0 Å². The quantitative estimate of drug-likeness (QED) is 0.0866. The van der Waals surface area contributed by atoms with E-state index < -0.39 is 11.5 Å². The minimum atomic E-state index is -1.08. The molecule has 0 radical (unpaired) electrons. The lowest BCUT2D eigenvalue weighted by molar-refractivity contribution is -0.144. The van der Waals surface area contributed by atoms with Crippen molar-refractivity contribution in [1.29, 1.82) is 0 Å². The van der Waals surface area contributed by atoms with Gasteiger partial charge < -0.3 is 19.9 Å². The Morgan fingerprint density at radius 2 is 2.02 bits per heavy atom. The molecule has 3 aromatic rings. The summed E-state index contributed by atoms with van der Waals surface area (Å²) >= 11 is 6.25. The molecule has 3 aliphatic rings. The van der Waals surface area contributed by atoms with Crippen molar-refractivity contribution in [3.8, 4) is 11.5 Å². The number of fused-ring (bicyclic) bond motifs is 3. The third kappa shape index (κ3) is 6.88. The molecular formula is C37H44ClN5O4. The summed E-state index contributed by atoms with van der Waals surface area (Å²) in [5.41, 5.74) is 13.1. The second-order valence-corrected chi connectivity index (χ2v) is 14.3. The first kappa shape index (κ1) is 33.0. The average molecular weight is 658 g/mol. The number of halogens is 1. The largest absolute Gasteiger partial charge is 0.493 e. The third-order valence-electron chi connectivity index (χ3n) is 10.8. The highest BCUT2D eigenvalue weighted by Gasteiger charge is 2.54. The van der Waals surface area contributed by atoms with Gasteiger partial charge in [-0.25, -0.2) is 4.79 Å². The van der Waals surface area contributed by atoms with Gasteiger partial charge in [0.1, 0.15) is 17.0 Å². The SMILES string of the molecule is C[C@@H](COc1ccnc2c1[C@H](C)CCC2)CC1Cc2ccc(OCCN=[N+]=[N-])cc2C12CCC(Nc1cccc(Cl)c1)(C(=O)O)CC2. The van der Waals surface area contributed by atoms with Crippen LogP contribution in [-0.2, 0) is 23.1 Å². The molecule has 1 aromatic heterocycles. The van der Waals surface area contributed by atoms with E-state index in [0.717, 1.165) is 50.0 Å². The zero-order valence-corrected chi connectivity index (χ0v) is 28.0. The summed E-state index contributed by atoms with van der Waals surface area (Å²) in [6.07, 6.45) is 9.55. The Labute approximate surface area is 281 Å². The Hall–Kier alpha value is -3.94. The Balaban J connectivity index is 1.23. The lowest BCUT2D eigenvalue weighted by atomic mass is 9.59. The van der Waals surface area contributed by atoms with Crippen LogP contribution < -0.4 is 14.8 Å². The topological polar surface area (TPSA) is 129 Å². The van der Waals surface area contributed by atoms with Crippen LogP contribution in [0, 0.1) is 11.8 Å². The number of rotatable bonds is 12. The van der Waals surface area contributed by atoms with Crippen LogP contribution in [0.3, 0.4) is 0 Å². The van der Waals surface area contributed by atoms with E-state index >= 15 is 0 Å². The van der Waals surface area contributed by atoms with E-state index in [1.54, 1.807) is 12.1 Å². The summed E-state index contributed by atoms with van der Waals surface area (Å²) in [6, 6.07) is 15.6. The molecule has 1 fully saturated rings. The van der Waals surface area contributed by atoms with Crippen LogP contribution in [0.1, 0.15) is 87.1 Å². The monoisotopic (exact) mass is 657 g/mol. The third-order valence-corrected chi connectivity index (χ3v) is 11.0. The van der Waals surface area contributed by atoms with Gasteiger partial charge in [-0.2, -0.15) is 0 Å². The minimum Gasteiger partial charge on any atom is -0.493 e. The molecule has 3 atom stereocenters. The van der Waals surface area contributed by atoms with E-state index in [1.807, 2.05) is 30.5 Å². The molecular weight excluding hydrogens is 614 g/mol. The van der Waals surface area contributed by atoms with Crippen LogP contribution in [-0.4, -0.2) is 41.4 Å². The normalized spacial score (nSPS) is 25.3. The molecule has 9 nitrogen and oxygen atoms in total. The standard InChI is InChI=1S/C37H44ClN5O4/c1-24(23-47-33-11-16-40-32-8-3-5-25(2)34(32)33)19-27-20-26-9-10-30(46-18-17-41-43-39)22-31(26)36(27)12-14-37(15-13-36,35(44)45)42-29-7-4-6-28(38)21-29/h4,6-7,9-11,16,21-22,24-25,27,42H,3,5,8,12-15,17-20,23H2,1-2H3,(H,44,45)/t24-,25-,27?,36?,37?/m1/s1. The summed E-state index contributed by atoms with van der Waals surface area (Å²) < 4.78 is 12.5. The van der Waals surface area contributed by atoms with Crippen molar-refractivity contribution in [1.82, 2.24) is 4.98 Å². The van der Waals surface area contributed by atoms with E-state index in [4.69, 9.17) is 26.6 Å². The lowest BCUT2D eigenvalue weighted by Gasteiger charge is -2.47. The average Bonchev–Trinajstić information content (AvgIpc) is 3.34. The number of carboxylic acids is 1. The van der Waals surface area contributed by atoms with Crippen LogP contribution in [0.5, 0.6) is 11.5 Å². The van der Waals surface area contributed by atoms with Gasteiger partial charge in [-0.3, -0.25) is 4.98 Å². The summed E-state index contributed by atoms with van der Waals surface area (Å²) in [6.45, 7) is 5.72. The lowest BCUT2D eigenvalue weighted by Crippen LogP contribution is -2.53. The Morgan fingerprint density at radius 3 is 2.79 bits per heavy atom. The molecule has 0 bridgehead atoms. The second-order valence-electron chi connectivity index (χ2n) is 13.8. The zero-order valence-electron chi connectivity index (χ0n) is 27.3. The number of azide groups is 1. The second kappa shape index (κ2) is 14.0. The number of hydrogen-bond donors (Lipinski definition) is 2. The zero-order chi connectivity index (χ0) is 33.0. The van der Waals surface area contributed by atoms with Gasteiger partial charge in [-0.05, 0) is 134 Å². The molecule has 1 unspecified atom stereocenters. The van der Waals surface area contributed by atoms with E-state index in [1.165, 1.54) is 28.8 Å². The highest BCUT2D eigenvalue weighted by Crippen LogP contribution is 2.56. The van der Waals surface area contributed by atoms with E-state index in [0.29, 0.717) is 54.5 Å². The fraction of sp³-hybridized carbons (Fsp3) is 0.514. The maximum atomic E-state index is 12.9. The number of aryl methyl sites for hydroxylation is 1. The Morgan fingerprint density at radius 1 is 1.19 bits per heavy atom. The van der Waals surface area contributed by atoms with Crippen LogP contribution in [0.2, 0.25) is 5.02 Å². The van der Waals surface area contributed by atoms with Gasteiger partial charge in [0.05, 0.1) is 19.8 Å². The fourth-order valence-corrected chi connectivity index (χ4v) is 8.61. The number of anilines is 1. The van der Waals surface area contributed by atoms with Crippen LogP contribution in [0.15, 0.2) is 59.8 Å². The van der Waals surface area contributed by atoms with Crippen molar-refractivity contribution in [2.45, 2.75) is 88.5 Å². The number of nitrogens with zero attached hydrogens (tertiary/aromatic N) is 4. The van der Waals surface area contributed by atoms with Gasteiger partial charge in [0.25, 0.3) is 0 Å². The summed E-state index contributed by atoms with van der Waals surface area (Å²) in [5, 5.41) is 18.1.